The summed E-state index contributed by atoms with van der Waals surface area (Å²) in [6, 6.07) is 21.2. The minimum absolute atomic E-state index is 0.0989. The van der Waals surface area contributed by atoms with Gasteiger partial charge in [-0.25, -0.2) is 0 Å². The largest absolute Gasteiger partial charge is 0.491 e. The summed E-state index contributed by atoms with van der Waals surface area (Å²) in [5.74, 6) is -4.59. The van der Waals surface area contributed by atoms with Crippen molar-refractivity contribution in [2.45, 2.75) is 28.5 Å². The van der Waals surface area contributed by atoms with Crippen LogP contribution in [0.5, 0.6) is 5.75 Å². The molecule has 2 heterocycles. The molecule has 3 aromatic carbocycles. The molecule has 51 heavy (non-hydrogen) atoms. The first kappa shape index (κ1) is 35.3. The van der Waals surface area contributed by atoms with Crippen molar-refractivity contribution in [2.75, 3.05) is 42.6 Å². The van der Waals surface area contributed by atoms with Gasteiger partial charge in [-0.2, -0.15) is 10.2 Å². The molecular weight excluding hydrogens is 761 g/mol. The first-order valence-electron chi connectivity index (χ1n) is 16.5. The summed E-state index contributed by atoms with van der Waals surface area (Å²) in [5, 5.41) is 17.8. The molecule has 11 nitrogen and oxygen atoms in total. The molecule has 0 radical (unpaired) electrons. The standard InChI is InChI=1S/C37H34BrCl2N5O6/c1-43(2)24-9-5-22(6-10-24)41-42-23-7-11-25(12-8-23)45-32(47)28-16-15-27-29(30(28)33(45)48)19-36(39)34(49)44(20-38)35(50)37(36,40)31(27)21-3-13-26(14-4-21)51-18-17-46/h3-15,28-31,46H,16-20H2,1-2H3/t28-,29+,30-,31-,36+,37-/m0/s1. The van der Waals surface area contributed by atoms with E-state index in [1.165, 1.54) is 4.90 Å². The van der Waals surface area contributed by atoms with Crippen LogP contribution in [0.3, 0.4) is 0 Å². The molecule has 2 aliphatic carbocycles. The molecule has 7 rings (SSSR count). The minimum Gasteiger partial charge on any atom is -0.491 e. The SMILES string of the molecule is CN(C)c1ccc(N=Nc2ccc(N3C(=O)[C@H]4[C@H](CC=C5[C@H]4C[C@@]4(Cl)C(=O)N(CBr)C(=O)[C@@]4(Cl)[C@H]5c4ccc(OCCO)cc4)C3=O)cc2)cc1. The Hall–Kier alpha value is -4.10. The lowest BCUT2D eigenvalue weighted by Gasteiger charge is -2.50. The number of rotatable bonds is 9. The number of likely N-dealkylation sites (tertiary alicyclic amines) is 1. The van der Waals surface area contributed by atoms with Crippen molar-refractivity contribution in [3.05, 3.63) is 90.0 Å². The van der Waals surface area contributed by atoms with Gasteiger partial charge < -0.3 is 14.7 Å². The maximum absolute atomic E-state index is 14.4. The average molecular weight is 796 g/mol. The summed E-state index contributed by atoms with van der Waals surface area (Å²) in [6.07, 6.45) is 2.04. The third-order valence-corrected chi connectivity index (χ3v) is 12.3. The number of halogens is 3. The lowest BCUT2D eigenvalue weighted by Crippen LogP contribution is -2.60. The number of allylic oxidation sites excluding steroid dienone is 2. The fourth-order valence-corrected chi connectivity index (χ4v) is 9.33. The molecular formula is C37H34BrCl2N5O6. The number of hydrogen-bond donors (Lipinski definition) is 1. The first-order chi connectivity index (χ1) is 24.4. The summed E-state index contributed by atoms with van der Waals surface area (Å²) >= 11 is 17.9. The Morgan fingerprint density at radius 1 is 0.882 bits per heavy atom. The molecule has 3 fully saturated rings. The van der Waals surface area contributed by atoms with Gasteiger partial charge in [-0.1, -0.05) is 39.7 Å². The molecule has 2 saturated heterocycles. The molecule has 3 aromatic rings. The molecule has 4 aliphatic rings. The second-order valence-electron chi connectivity index (χ2n) is 13.3. The van der Waals surface area contributed by atoms with Gasteiger partial charge in [0.2, 0.25) is 11.8 Å². The maximum atomic E-state index is 14.4. The average Bonchev–Trinajstić information content (AvgIpc) is 3.47. The van der Waals surface area contributed by atoms with Gasteiger partial charge >= 0.3 is 0 Å². The lowest BCUT2D eigenvalue weighted by molar-refractivity contribution is -0.138. The molecule has 0 unspecified atom stereocenters. The van der Waals surface area contributed by atoms with Crippen LogP contribution < -0.4 is 14.5 Å². The molecule has 2 aliphatic heterocycles. The predicted molar refractivity (Wildman–Crippen MR) is 196 cm³/mol. The third kappa shape index (κ3) is 5.58. The van der Waals surface area contributed by atoms with Crippen LogP contribution in [0, 0.1) is 17.8 Å². The number of amides is 4. The van der Waals surface area contributed by atoms with Gasteiger partial charge in [0.15, 0.2) is 9.75 Å². The van der Waals surface area contributed by atoms with Gasteiger partial charge in [0.25, 0.3) is 11.8 Å². The number of alkyl halides is 3. The number of carbonyl (C=O) groups is 4. The number of nitrogens with zero attached hydrogens (tertiary/aromatic N) is 5. The highest BCUT2D eigenvalue weighted by Crippen LogP contribution is 2.65. The second kappa shape index (κ2) is 13.5. The van der Waals surface area contributed by atoms with E-state index in [1.807, 2.05) is 49.3 Å². The fraction of sp³-hybridized carbons (Fsp3) is 0.351. The Kier molecular flexibility index (Phi) is 9.32. The molecule has 1 saturated carbocycles. The highest BCUT2D eigenvalue weighted by atomic mass is 79.9. The highest BCUT2D eigenvalue weighted by Gasteiger charge is 2.76. The number of fused-ring (bicyclic) bond motifs is 4. The van der Waals surface area contributed by atoms with Crippen LogP contribution in [0.15, 0.2) is 94.7 Å². The van der Waals surface area contributed by atoms with Crippen molar-refractivity contribution >= 4 is 85.5 Å². The fourth-order valence-electron chi connectivity index (χ4n) is 7.90. The zero-order chi connectivity index (χ0) is 36.2. The van der Waals surface area contributed by atoms with Crippen LogP contribution in [0.1, 0.15) is 24.3 Å². The van der Waals surface area contributed by atoms with E-state index in [-0.39, 0.29) is 37.4 Å². The van der Waals surface area contributed by atoms with Crippen molar-refractivity contribution in [1.82, 2.24) is 4.90 Å². The maximum Gasteiger partial charge on any atom is 0.254 e. The van der Waals surface area contributed by atoms with Gasteiger partial charge in [0, 0.05) is 25.7 Å². The number of benzene rings is 3. The van der Waals surface area contributed by atoms with Crippen molar-refractivity contribution in [2.24, 2.45) is 28.0 Å². The molecule has 264 valence electrons. The Morgan fingerprint density at radius 2 is 1.51 bits per heavy atom. The Bertz CT molecular complexity index is 1960. The van der Waals surface area contributed by atoms with E-state index in [2.05, 4.69) is 26.2 Å². The quantitative estimate of drug-likeness (QED) is 0.0866. The van der Waals surface area contributed by atoms with Gasteiger partial charge in [-0.05, 0) is 85.0 Å². The Balaban J connectivity index is 1.20. The van der Waals surface area contributed by atoms with E-state index in [0.717, 1.165) is 10.6 Å². The van der Waals surface area contributed by atoms with Crippen LogP contribution >= 0.6 is 39.1 Å². The predicted octanol–water partition coefficient (Wildman–Crippen LogP) is 6.45. The first-order valence-corrected chi connectivity index (χ1v) is 18.3. The van der Waals surface area contributed by atoms with Crippen molar-refractivity contribution < 1.29 is 29.0 Å². The van der Waals surface area contributed by atoms with Crippen LogP contribution in [0.2, 0.25) is 0 Å². The van der Waals surface area contributed by atoms with Gasteiger partial charge in [0.05, 0.1) is 41.0 Å². The van der Waals surface area contributed by atoms with Crippen molar-refractivity contribution in [3.63, 3.8) is 0 Å². The lowest BCUT2D eigenvalue weighted by atomic mass is 9.56. The summed E-state index contributed by atoms with van der Waals surface area (Å²) in [4.78, 5) is 56.6. The smallest absolute Gasteiger partial charge is 0.254 e. The van der Waals surface area contributed by atoms with E-state index in [1.54, 1.807) is 48.5 Å². The molecule has 0 spiro atoms. The molecule has 1 N–H and O–H groups in total. The number of aliphatic hydroxyl groups excluding tert-OH is 1. The van der Waals surface area contributed by atoms with E-state index in [9.17, 15) is 24.3 Å². The topological polar surface area (TPSA) is 132 Å². The van der Waals surface area contributed by atoms with Crippen molar-refractivity contribution in [3.8, 4) is 5.75 Å². The molecule has 4 amide bonds. The highest BCUT2D eigenvalue weighted by molar-refractivity contribution is 9.09. The number of imide groups is 2. The number of hydrogen-bond acceptors (Lipinski definition) is 9. The van der Waals surface area contributed by atoms with E-state index in [0.29, 0.717) is 33.9 Å². The van der Waals surface area contributed by atoms with Crippen LogP contribution in [0.4, 0.5) is 22.7 Å². The van der Waals surface area contributed by atoms with Gasteiger partial charge in [-0.3, -0.25) is 29.0 Å². The molecule has 0 aromatic heterocycles. The summed E-state index contributed by atoms with van der Waals surface area (Å²) < 4.78 is 5.54. The number of azo groups is 1. The number of aliphatic hydroxyl groups is 1. The van der Waals surface area contributed by atoms with Crippen LogP contribution in [0.25, 0.3) is 0 Å². The zero-order valence-corrected chi connectivity index (χ0v) is 30.8. The van der Waals surface area contributed by atoms with Crippen LogP contribution in [-0.4, -0.2) is 76.1 Å². The summed E-state index contributed by atoms with van der Waals surface area (Å²) in [6.45, 7) is -0.0623. The second-order valence-corrected chi connectivity index (χ2v) is 15.0. The number of carbonyl (C=O) groups excluding carboxylic acids is 4. The monoisotopic (exact) mass is 793 g/mol. The number of ether oxygens (including phenoxy) is 1. The van der Waals surface area contributed by atoms with E-state index in [4.69, 9.17) is 27.9 Å². The van der Waals surface area contributed by atoms with E-state index < -0.39 is 51.1 Å². The summed E-state index contributed by atoms with van der Waals surface area (Å²) in [7, 11) is 3.91. The van der Waals surface area contributed by atoms with E-state index >= 15 is 0 Å². The van der Waals surface area contributed by atoms with Gasteiger partial charge in [-0.15, -0.1) is 23.2 Å². The Morgan fingerprint density at radius 3 is 2.10 bits per heavy atom. The third-order valence-electron chi connectivity index (χ3n) is 10.3. The number of anilines is 2. The normalized spacial score (nSPS) is 28.5. The van der Waals surface area contributed by atoms with Gasteiger partial charge in [0.1, 0.15) is 12.4 Å². The van der Waals surface area contributed by atoms with Crippen LogP contribution in [-0.2, 0) is 19.2 Å². The zero-order valence-electron chi connectivity index (χ0n) is 27.7. The minimum atomic E-state index is -1.90. The molecule has 6 atom stereocenters. The Labute approximate surface area is 313 Å². The molecule has 0 bridgehead atoms. The summed E-state index contributed by atoms with van der Waals surface area (Å²) in [5.41, 5.74) is 3.85. The molecule has 14 heteroatoms. The van der Waals surface area contributed by atoms with Crippen molar-refractivity contribution in [1.29, 1.82) is 0 Å².